The van der Waals surface area contributed by atoms with Crippen molar-refractivity contribution >= 4 is 15.9 Å². The maximum absolute atomic E-state index is 11.9. The minimum Gasteiger partial charge on any atom is -0.342 e. The van der Waals surface area contributed by atoms with E-state index < -0.39 is 10.0 Å². The lowest BCUT2D eigenvalue weighted by atomic mass is 10.0. The highest BCUT2D eigenvalue weighted by molar-refractivity contribution is 7.89. The third kappa shape index (κ3) is 3.67. The van der Waals surface area contributed by atoms with Crippen LogP contribution in [0.5, 0.6) is 0 Å². The van der Waals surface area contributed by atoms with E-state index in [4.69, 9.17) is 5.14 Å². The normalized spacial score (nSPS) is 29.6. The van der Waals surface area contributed by atoms with Gasteiger partial charge in [-0.2, -0.15) is 0 Å². The van der Waals surface area contributed by atoms with Crippen LogP contribution in [-0.4, -0.2) is 38.1 Å². The van der Waals surface area contributed by atoms with Crippen LogP contribution < -0.4 is 5.14 Å². The third-order valence-corrected chi connectivity index (χ3v) is 4.62. The van der Waals surface area contributed by atoms with Crippen molar-refractivity contribution in [1.29, 1.82) is 0 Å². The number of hydrogen-bond donors (Lipinski definition) is 1. The molecule has 0 aromatic heterocycles. The number of nitrogens with two attached hydrogens (primary N) is 1. The van der Waals surface area contributed by atoms with Crippen LogP contribution >= 0.6 is 0 Å². The average molecular weight is 260 g/mol. The fourth-order valence-electron chi connectivity index (χ4n) is 2.45. The highest BCUT2D eigenvalue weighted by Crippen LogP contribution is 2.34. The van der Waals surface area contributed by atoms with Crippen LogP contribution in [0.15, 0.2) is 0 Å². The van der Waals surface area contributed by atoms with E-state index in [2.05, 4.69) is 0 Å². The predicted molar refractivity (Wildman–Crippen MR) is 64.5 cm³/mol. The molecule has 6 heteroatoms. The van der Waals surface area contributed by atoms with Gasteiger partial charge in [0, 0.05) is 19.5 Å². The van der Waals surface area contributed by atoms with Gasteiger partial charge < -0.3 is 4.90 Å². The van der Waals surface area contributed by atoms with Crippen molar-refractivity contribution in [3.05, 3.63) is 0 Å². The van der Waals surface area contributed by atoms with Crippen LogP contribution in [0.4, 0.5) is 0 Å². The van der Waals surface area contributed by atoms with Gasteiger partial charge in [-0.25, -0.2) is 13.6 Å². The first-order valence-electron chi connectivity index (χ1n) is 6.13. The Morgan fingerprint density at radius 3 is 2.53 bits per heavy atom. The molecule has 1 aliphatic carbocycles. The summed E-state index contributed by atoms with van der Waals surface area (Å²) >= 11 is 0. The molecule has 0 bridgehead atoms. The Bertz CT molecular complexity index is 403. The molecule has 1 aliphatic heterocycles. The van der Waals surface area contributed by atoms with Crippen LogP contribution in [0.1, 0.15) is 26.2 Å². The Kier molecular flexibility index (Phi) is 3.45. The van der Waals surface area contributed by atoms with Crippen molar-refractivity contribution in [2.24, 2.45) is 22.9 Å². The highest BCUT2D eigenvalue weighted by Gasteiger charge is 2.36. The Hall–Kier alpha value is -0.620. The average Bonchev–Trinajstić information content (AvgIpc) is 2.90. The summed E-state index contributed by atoms with van der Waals surface area (Å²) in [6.07, 6.45) is 2.96. The second-order valence-corrected chi connectivity index (χ2v) is 7.17. The van der Waals surface area contributed by atoms with Crippen molar-refractivity contribution < 1.29 is 13.2 Å². The summed E-state index contributed by atoms with van der Waals surface area (Å²) in [5, 5.41) is 5.06. The van der Waals surface area contributed by atoms with Crippen molar-refractivity contribution in [2.75, 3.05) is 18.8 Å². The van der Waals surface area contributed by atoms with E-state index in [0.717, 1.165) is 12.8 Å². The fourth-order valence-corrected chi connectivity index (χ4v) is 3.48. The van der Waals surface area contributed by atoms with Gasteiger partial charge in [0.15, 0.2) is 0 Å². The number of hydrogen-bond acceptors (Lipinski definition) is 3. The number of likely N-dealkylation sites (tertiary alicyclic amines) is 1. The SMILES string of the molecule is CC1CN(C(=O)CC2CC2)CC1CS(N)(=O)=O. The molecule has 0 aromatic carbocycles. The Balaban J connectivity index is 1.89. The summed E-state index contributed by atoms with van der Waals surface area (Å²) < 4.78 is 22.1. The molecular weight excluding hydrogens is 240 g/mol. The first kappa shape index (κ1) is 12.8. The van der Waals surface area contributed by atoms with Crippen molar-refractivity contribution in [2.45, 2.75) is 26.2 Å². The van der Waals surface area contributed by atoms with Gasteiger partial charge in [-0.3, -0.25) is 4.79 Å². The maximum Gasteiger partial charge on any atom is 0.222 e. The lowest BCUT2D eigenvalue weighted by Gasteiger charge is -2.16. The first-order valence-corrected chi connectivity index (χ1v) is 7.85. The second-order valence-electron chi connectivity index (χ2n) is 5.51. The molecule has 2 rings (SSSR count). The third-order valence-electron chi connectivity index (χ3n) is 3.73. The van der Waals surface area contributed by atoms with Gasteiger partial charge in [-0.15, -0.1) is 0 Å². The predicted octanol–water partition coefficient (Wildman–Crippen LogP) is 0.170. The zero-order valence-electron chi connectivity index (χ0n) is 10.1. The number of amides is 1. The maximum atomic E-state index is 11.9. The van der Waals surface area contributed by atoms with E-state index in [1.165, 1.54) is 0 Å². The Labute approximate surface area is 102 Å². The van der Waals surface area contributed by atoms with Crippen LogP contribution in [0, 0.1) is 17.8 Å². The minimum atomic E-state index is -3.44. The molecule has 1 saturated carbocycles. The molecule has 5 nitrogen and oxygen atoms in total. The number of nitrogens with zero attached hydrogens (tertiary/aromatic N) is 1. The van der Waals surface area contributed by atoms with Crippen LogP contribution in [0.2, 0.25) is 0 Å². The fraction of sp³-hybridized carbons (Fsp3) is 0.909. The molecule has 2 unspecified atom stereocenters. The van der Waals surface area contributed by atoms with Gasteiger partial charge in [0.25, 0.3) is 0 Å². The molecule has 0 radical (unpaired) electrons. The van der Waals surface area contributed by atoms with Gasteiger partial charge in [-0.1, -0.05) is 6.92 Å². The van der Waals surface area contributed by atoms with Crippen molar-refractivity contribution in [3.8, 4) is 0 Å². The van der Waals surface area contributed by atoms with E-state index in [-0.39, 0.29) is 23.5 Å². The summed E-state index contributed by atoms with van der Waals surface area (Å²) in [7, 11) is -3.44. The monoisotopic (exact) mass is 260 g/mol. The Morgan fingerprint density at radius 1 is 1.35 bits per heavy atom. The summed E-state index contributed by atoms with van der Waals surface area (Å²) in [5.41, 5.74) is 0. The summed E-state index contributed by atoms with van der Waals surface area (Å²) in [4.78, 5) is 13.7. The number of carbonyl (C=O) groups is 1. The topological polar surface area (TPSA) is 80.5 Å². The van der Waals surface area contributed by atoms with Gasteiger partial charge in [0.1, 0.15) is 0 Å². The molecule has 1 saturated heterocycles. The molecule has 2 N–H and O–H groups in total. The van der Waals surface area contributed by atoms with Crippen LogP contribution in [-0.2, 0) is 14.8 Å². The van der Waals surface area contributed by atoms with Gasteiger partial charge in [-0.05, 0) is 30.6 Å². The number of sulfonamides is 1. The lowest BCUT2D eigenvalue weighted by Crippen LogP contribution is -2.30. The highest BCUT2D eigenvalue weighted by atomic mass is 32.2. The summed E-state index contributed by atoms with van der Waals surface area (Å²) in [5.74, 6) is 0.956. The number of rotatable bonds is 4. The number of primary sulfonamides is 1. The van der Waals surface area contributed by atoms with E-state index in [1.54, 1.807) is 4.90 Å². The first-order chi connectivity index (χ1) is 7.85. The second kappa shape index (κ2) is 4.57. The molecule has 1 heterocycles. The van der Waals surface area contributed by atoms with E-state index in [9.17, 15) is 13.2 Å². The minimum absolute atomic E-state index is 0.00634. The van der Waals surface area contributed by atoms with Crippen molar-refractivity contribution in [3.63, 3.8) is 0 Å². The Morgan fingerprint density at radius 2 is 2.00 bits per heavy atom. The number of carbonyl (C=O) groups excluding carboxylic acids is 1. The summed E-state index contributed by atoms with van der Waals surface area (Å²) in [6, 6.07) is 0. The quantitative estimate of drug-likeness (QED) is 0.782. The van der Waals surface area contributed by atoms with Crippen molar-refractivity contribution in [1.82, 2.24) is 4.90 Å². The molecule has 17 heavy (non-hydrogen) atoms. The standard InChI is InChI=1S/C11H20N2O3S/c1-8-5-13(11(14)4-9-2-3-9)6-10(8)7-17(12,15)16/h8-10H,2-7H2,1H3,(H2,12,15,16). The molecule has 98 valence electrons. The zero-order valence-corrected chi connectivity index (χ0v) is 10.9. The molecule has 0 spiro atoms. The van der Waals surface area contributed by atoms with Gasteiger partial charge >= 0.3 is 0 Å². The molecule has 2 aliphatic rings. The van der Waals surface area contributed by atoms with Gasteiger partial charge in [0.2, 0.25) is 15.9 Å². The van der Waals surface area contributed by atoms with Crippen LogP contribution in [0.3, 0.4) is 0 Å². The van der Waals surface area contributed by atoms with E-state index in [0.29, 0.717) is 25.4 Å². The molecule has 2 fully saturated rings. The van der Waals surface area contributed by atoms with Crippen LogP contribution in [0.25, 0.3) is 0 Å². The molecule has 1 amide bonds. The largest absolute Gasteiger partial charge is 0.342 e. The smallest absolute Gasteiger partial charge is 0.222 e. The summed E-state index contributed by atoms with van der Waals surface area (Å²) in [6.45, 7) is 3.20. The van der Waals surface area contributed by atoms with E-state index in [1.807, 2.05) is 6.92 Å². The van der Waals surface area contributed by atoms with E-state index >= 15 is 0 Å². The lowest BCUT2D eigenvalue weighted by molar-refractivity contribution is -0.130. The molecular formula is C11H20N2O3S. The zero-order chi connectivity index (χ0) is 12.6. The molecule has 2 atom stereocenters. The molecule has 0 aromatic rings. The van der Waals surface area contributed by atoms with Gasteiger partial charge in [0.05, 0.1) is 5.75 Å².